The minimum atomic E-state index is -1.01. The van der Waals surface area contributed by atoms with Crippen molar-refractivity contribution >= 4 is 17.8 Å². The number of carbonyl (C=O) groups excluding carboxylic acids is 3. The van der Waals surface area contributed by atoms with Crippen LogP contribution in [0.3, 0.4) is 0 Å². The summed E-state index contributed by atoms with van der Waals surface area (Å²) in [6.45, 7) is 10.9. The van der Waals surface area contributed by atoms with Crippen LogP contribution < -0.4 is 0 Å². The molecule has 4 rings (SSSR count). The molecule has 1 spiro atoms. The average Bonchev–Trinajstić information content (AvgIpc) is 3.52. The number of rotatable bonds is 13. The Hall–Kier alpha value is -2.01. The van der Waals surface area contributed by atoms with Crippen molar-refractivity contribution in [3.63, 3.8) is 0 Å². The first-order chi connectivity index (χ1) is 17.5. The van der Waals surface area contributed by atoms with Gasteiger partial charge in [-0.3, -0.25) is 19.3 Å². The van der Waals surface area contributed by atoms with Gasteiger partial charge in [0.15, 0.2) is 0 Å². The van der Waals surface area contributed by atoms with Crippen LogP contribution in [0.2, 0.25) is 0 Å². The number of unbranched alkanes of at least 4 members (excludes halogenated alkanes) is 2. The lowest BCUT2D eigenvalue weighted by atomic mass is 9.70. The van der Waals surface area contributed by atoms with E-state index in [-0.39, 0.29) is 25.0 Å². The molecule has 4 saturated heterocycles. The molecule has 2 unspecified atom stereocenters. The van der Waals surface area contributed by atoms with Gasteiger partial charge in [-0.25, -0.2) is 0 Å². The number of ether oxygens (including phenoxy) is 3. The number of hydrogen-bond donors (Lipinski definition) is 1. The molecule has 10 nitrogen and oxygen atoms in total. The van der Waals surface area contributed by atoms with Gasteiger partial charge in [0.2, 0.25) is 11.8 Å². The molecule has 0 aromatic heterocycles. The van der Waals surface area contributed by atoms with E-state index in [0.29, 0.717) is 65.1 Å². The number of aliphatic hydroxyl groups is 1. The molecule has 4 fully saturated rings. The SMILES string of the molecule is C=CCN(CCN1CCOCC1)C(=O)C1N(CCCCCO)C(=O)[C@@H]2[C@@H](C(=O)OCC)[C@H]3CCC12O3. The van der Waals surface area contributed by atoms with Crippen LogP contribution in [-0.4, -0.2) is 121 Å². The number of fused-ring (bicyclic) bond motifs is 1. The standard InChI is InChI=1S/C26H41N3O7/c1-3-10-28(13-12-27-14-17-34-18-15-27)24(32)22-26-9-8-19(36-26)20(25(33)35-4-2)21(26)23(31)29(22)11-6-5-7-16-30/h3,19-22,30H,1,4-18H2,2H3/t19-,20+,21+,22?,26?/m1/s1. The van der Waals surface area contributed by atoms with Gasteiger partial charge in [-0.1, -0.05) is 6.08 Å². The number of likely N-dealkylation sites (tertiary alicyclic amines) is 1. The lowest BCUT2D eigenvalue weighted by molar-refractivity contribution is -0.155. The molecule has 10 heteroatoms. The van der Waals surface area contributed by atoms with E-state index in [9.17, 15) is 19.5 Å². The third kappa shape index (κ3) is 5.05. The molecular weight excluding hydrogens is 466 g/mol. The highest BCUT2D eigenvalue weighted by molar-refractivity contribution is 5.98. The van der Waals surface area contributed by atoms with Gasteiger partial charge in [0, 0.05) is 45.9 Å². The van der Waals surface area contributed by atoms with Gasteiger partial charge in [0.1, 0.15) is 11.6 Å². The maximum atomic E-state index is 14.2. The van der Waals surface area contributed by atoms with Crippen molar-refractivity contribution in [2.24, 2.45) is 11.8 Å². The number of hydrogen-bond acceptors (Lipinski definition) is 8. The van der Waals surface area contributed by atoms with Gasteiger partial charge in [0.25, 0.3) is 0 Å². The molecular formula is C26H41N3O7. The minimum Gasteiger partial charge on any atom is -0.466 e. The Morgan fingerprint density at radius 3 is 2.72 bits per heavy atom. The molecule has 202 valence electrons. The van der Waals surface area contributed by atoms with Crippen LogP contribution in [0.1, 0.15) is 39.0 Å². The molecule has 0 saturated carbocycles. The molecule has 1 N–H and O–H groups in total. The van der Waals surface area contributed by atoms with Crippen molar-refractivity contribution < 1.29 is 33.7 Å². The van der Waals surface area contributed by atoms with Gasteiger partial charge in [-0.2, -0.15) is 0 Å². The predicted octanol–water partition coefficient (Wildman–Crippen LogP) is 0.434. The fourth-order valence-electron chi connectivity index (χ4n) is 6.46. The topological polar surface area (TPSA) is 109 Å². The minimum absolute atomic E-state index is 0.0905. The number of esters is 1. The molecule has 2 amide bonds. The van der Waals surface area contributed by atoms with Gasteiger partial charge < -0.3 is 29.1 Å². The smallest absolute Gasteiger partial charge is 0.312 e. The first-order valence-corrected chi connectivity index (χ1v) is 13.4. The van der Waals surface area contributed by atoms with Crippen molar-refractivity contribution in [3.8, 4) is 0 Å². The average molecular weight is 508 g/mol. The van der Waals surface area contributed by atoms with Crippen molar-refractivity contribution in [2.45, 2.75) is 56.8 Å². The Kier molecular flexibility index (Phi) is 9.03. The summed E-state index contributed by atoms with van der Waals surface area (Å²) in [4.78, 5) is 46.6. The first-order valence-electron chi connectivity index (χ1n) is 13.4. The second-order valence-corrected chi connectivity index (χ2v) is 10.2. The van der Waals surface area contributed by atoms with E-state index in [1.165, 1.54) is 0 Å². The summed E-state index contributed by atoms with van der Waals surface area (Å²) in [6.07, 6.45) is 4.57. The molecule has 4 aliphatic heterocycles. The number of nitrogens with zero attached hydrogens (tertiary/aromatic N) is 3. The summed E-state index contributed by atoms with van der Waals surface area (Å²) in [7, 11) is 0. The van der Waals surface area contributed by atoms with E-state index in [1.54, 1.807) is 22.8 Å². The lowest BCUT2D eigenvalue weighted by Crippen LogP contribution is -2.57. The summed E-state index contributed by atoms with van der Waals surface area (Å²) in [5.41, 5.74) is -1.01. The van der Waals surface area contributed by atoms with Gasteiger partial charge >= 0.3 is 5.97 Å². The molecule has 0 aromatic rings. The quantitative estimate of drug-likeness (QED) is 0.217. The molecule has 4 aliphatic rings. The van der Waals surface area contributed by atoms with E-state index in [4.69, 9.17) is 14.2 Å². The van der Waals surface area contributed by atoms with Crippen LogP contribution in [0.5, 0.6) is 0 Å². The maximum Gasteiger partial charge on any atom is 0.312 e. The van der Waals surface area contributed by atoms with Crippen LogP contribution in [-0.2, 0) is 28.6 Å². The third-order valence-corrected chi connectivity index (χ3v) is 8.10. The summed E-state index contributed by atoms with van der Waals surface area (Å²) in [5.74, 6) is -2.13. The van der Waals surface area contributed by atoms with Crippen LogP contribution in [0.4, 0.5) is 0 Å². The molecule has 36 heavy (non-hydrogen) atoms. The summed E-state index contributed by atoms with van der Waals surface area (Å²) >= 11 is 0. The predicted molar refractivity (Wildman–Crippen MR) is 131 cm³/mol. The molecule has 5 atom stereocenters. The Balaban J connectivity index is 1.59. The van der Waals surface area contributed by atoms with E-state index in [0.717, 1.165) is 19.5 Å². The van der Waals surface area contributed by atoms with E-state index < -0.39 is 35.6 Å². The van der Waals surface area contributed by atoms with Crippen LogP contribution >= 0.6 is 0 Å². The summed E-state index contributed by atoms with van der Waals surface area (Å²) in [6, 6.07) is -0.779. The zero-order valence-electron chi connectivity index (χ0n) is 21.4. The number of amides is 2. The number of carbonyl (C=O) groups is 3. The van der Waals surface area contributed by atoms with Gasteiger partial charge in [-0.05, 0) is 39.0 Å². The normalized spacial score (nSPS) is 31.5. The number of aliphatic hydroxyl groups excluding tert-OH is 1. The zero-order chi connectivity index (χ0) is 25.7. The monoisotopic (exact) mass is 507 g/mol. The Morgan fingerprint density at radius 1 is 1.25 bits per heavy atom. The van der Waals surface area contributed by atoms with Crippen molar-refractivity contribution in [1.82, 2.24) is 14.7 Å². The summed E-state index contributed by atoms with van der Waals surface area (Å²) in [5, 5.41) is 9.18. The molecule has 0 aromatic carbocycles. The second kappa shape index (κ2) is 12.0. The first kappa shape index (κ1) is 27.0. The van der Waals surface area contributed by atoms with Crippen LogP contribution in [0.15, 0.2) is 12.7 Å². The molecule has 0 radical (unpaired) electrons. The highest BCUT2D eigenvalue weighted by atomic mass is 16.6. The fraction of sp³-hybridized carbons (Fsp3) is 0.808. The van der Waals surface area contributed by atoms with E-state index in [1.807, 2.05) is 0 Å². The Labute approximate surface area is 213 Å². The Bertz CT molecular complexity index is 817. The van der Waals surface area contributed by atoms with Gasteiger partial charge in [0.05, 0.1) is 37.8 Å². The number of morpholine rings is 1. The lowest BCUT2D eigenvalue weighted by Gasteiger charge is -2.37. The largest absolute Gasteiger partial charge is 0.466 e. The molecule has 2 bridgehead atoms. The highest BCUT2D eigenvalue weighted by Gasteiger charge is 2.74. The fourth-order valence-corrected chi connectivity index (χ4v) is 6.46. The Morgan fingerprint density at radius 2 is 2.03 bits per heavy atom. The van der Waals surface area contributed by atoms with E-state index >= 15 is 0 Å². The highest BCUT2D eigenvalue weighted by Crippen LogP contribution is 2.58. The maximum absolute atomic E-state index is 14.2. The molecule has 4 heterocycles. The van der Waals surface area contributed by atoms with E-state index in [2.05, 4.69) is 11.5 Å². The third-order valence-electron chi connectivity index (χ3n) is 8.10. The molecule has 0 aliphatic carbocycles. The zero-order valence-corrected chi connectivity index (χ0v) is 21.4. The van der Waals surface area contributed by atoms with Crippen molar-refractivity contribution in [3.05, 3.63) is 12.7 Å². The summed E-state index contributed by atoms with van der Waals surface area (Å²) < 4.78 is 17.2. The van der Waals surface area contributed by atoms with Crippen LogP contribution in [0.25, 0.3) is 0 Å². The van der Waals surface area contributed by atoms with Crippen LogP contribution in [0, 0.1) is 11.8 Å². The van der Waals surface area contributed by atoms with Gasteiger partial charge in [-0.15, -0.1) is 6.58 Å². The van der Waals surface area contributed by atoms with Crippen molar-refractivity contribution in [2.75, 3.05) is 65.7 Å². The second-order valence-electron chi connectivity index (χ2n) is 10.2. The van der Waals surface area contributed by atoms with Crippen molar-refractivity contribution in [1.29, 1.82) is 0 Å².